The van der Waals surface area contributed by atoms with E-state index in [1.807, 2.05) is 17.0 Å². The summed E-state index contributed by atoms with van der Waals surface area (Å²) < 4.78 is 0. The molecule has 5 nitrogen and oxygen atoms in total. The third-order valence-corrected chi connectivity index (χ3v) is 5.79. The fourth-order valence-electron chi connectivity index (χ4n) is 4.11. The number of amides is 2. The summed E-state index contributed by atoms with van der Waals surface area (Å²) in [6, 6.07) is 7.10. The van der Waals surface area contributed by atoms with Crippen LogP contribution < -0.4 is 5.32 Å². The molecule has 1 aliphatic heterocycles. The molecule has 25 heavy (non-hydrogen) atoms. The summed E-state index contributed by atoms with van der Waals surface area (Å²) in [5, 5.41) is 3.32. The molecule has 0 aromatic heterocycles. The van der Waals surface area contributed by atoms with E-state index in [4.69, 9.17) is 11.6 Å². The van der Waals surface area contributed by atoms with Gasteiger partial charge >= 0.3 is 0 Å². The minimum Gasteiger partial charge on any atom is -0.358 e. The van der Waals surface area contributed by atoms with E-state index in [2.05, 4.69) is 10.2 Å². The smallest absolute Gasteiger partial charge is 0.255 e. The van der Waals surface area contributed by atoms with Gasteiger partial charge in [0.05, 0.1) is 16.6 Å². The van der Waals surface area contributed by atoms with Crippen LogP contribution in [0.3, 0.4) is 0 Å². The third kappa shape index (κ3) is 3.98. The Balaban J connectivity index is 1.65. The number of rotatable bonds is 4. The zero-order chi connectivity index (χ0) is 17.8. The topological polar surface area (TPSA) is 52.7 Å². The van der Waals surface area contributed by atoms with Crippen LogP contribution in [0.5, 0.6) is 0 Å². The van der Waals surface area contributed by atoms with Crippen molar-refractivity contribution in [2.45, 2.75) is 31.7 Å². The van der Waals surface area contributed by atoms with Crippen molar-refractivity contribution in [3.05, 3.63) is 34.9 Å². The summed E-state index contributed by atoms with van der Waals surface area (Å²) in [4.78, 5) is 29.2. The van der Waals surface area contributed by atoms with Gasteiger partial charge in [-0.05, 0) is 30.9 Å². The maximum Gasteiger partial charge on any atom is 0.255 e. The second-order valence-corrected chi connectivity index (χ2v) is 7.32. The van der Waals surface area contributed by atoms with Gasteiger partial charge in [0.2, 0.25) is 5.91 Å². The van der Waals surface area contributed by atoms with Gasteiger partial charge in [0.25, 0.3) is 5.91 Å². The fraction of sp³-hybridized carbons (Fsp3) is 0.579. The van der Waals surface area contributed by atoms with E-state index >= 15 is 0 Å². The predicted molar refractivity (Wildman–Crippen MR) is 98.7 cm³/mol. The molecule has 0 unspecified atom stereocenters. The van der Waals surface area contributed by atoms with E-state index in [1.54, 1.807) is 19.2 Å². The lowest BCUT2D eigenvalue weighted by atomic mass is 9.95. The molecule has 2 fully saturated rings. The van der Waals surface area contributed by atoms with Crippen molar-refractivity contribution in [3.63, 3.8) is 0 Å². The van der Waals surface area contributed by atoms with Gasteiger partial charge in [-0.25, -0.2) is 0 Å². The van der Waals surface area contributed by atoms with Gasteiger partial charge in [0.1, 0.15) is 0 Å². The van der Waals surface area contributed by atoms with E-state index in [-0.39, 0.29) is 17.9 Å². The Labute approximate surface area is 154 Å². The molecule has 0 radical (unpaired) electrons. The summed E-state index contributed by atoms with van der Waals surface area (Å²) in [6.07, 6.45) is 4.67. The summed E-state index contributed by atoms with van der Waals surface area (Å²) >= 11 is 6.15. The lowest BCUT2D eigenvalue weighted by Gasteiger charge is -2.40. The van der Waals surface area contributed by atoms with Crippen molar-refractivity contribution in [2.75, 3.05) is 33.2 Å². The van der Waals surface area contributed by atoms with Crippen molar-refractivity contribution in [1.29, 1.82) is 0 Å². The van der Waals surface area contributed by atoms with Gasteiger partial charge in [0, 0.05) is 33.2 Å². The molecule has 1 saturated heterocycles. The number of carbonyl (C=O) groups excluding carboxylic acids is 2. The van der Waals surface area contributed by atoms with Gasteiger partial charge in [0.15, 0.2) is 0 Å². The molecule has 1 aliphatic carbocycles. The molecule has 1 aromatic carbocycles. The van der Waals surface area contributed by atoms with E-state index in [9.17, 15) is 9.59 Å². The van der Waals surface area contributed by atoms with Crippen LogP contribution in [0, 0.1) is 5.92 Å². The number of carbonyl (C=O) groups is 2. The van der Waals surface area contributed by atoms with Crippen molar-refractivity contribution >= 4 is 23.4 Å². The summed E-state index contributed by atoms with van der Waals surface area (Å²) in [5.41, 5.74) is 0.552. The van der Waals surface area contributed by atoms with Crippen molar-refractivity contribution in [2.24, 2.45) is 5.92 Å². The Hall–Kier alpha value is -1.59. The average Bonchev–Trinajstić information content (AvgIpc) is 3.16. The summed E-state index contributed by atoms with van der Waals surface area (Å²) in [5.74, 6) is 0.520. The first-order valence-corrected chi connectivity index (χ1v) is 9.49. The largest absolute Gasteiger partial charge is 0.358 e. The molecule has 0 spiro atoms. The highest BCUT2D eigenvalue weighted by Crippen LogP contribution is 2.31. The molecule has 2 amide bonds. The van der Waals surface area contributed by atoms with E-state index < -0.39 is 0 Å². The maximum atomic E-state index is 12.7. The van der Waals surface area contributed by atoms with Crippen molar-refractivity contribution in [3.8, 4) is 0 Å². The molecule has 1 aromatic rings. The number of likely N-dealkylation sites (N-methyl/N-ethyl adjacent to an activating group) is 1. The molecule has 1 atom stereocenters. The number of hydrogen-bond donors (Lipinski definition) is 1. The van der Waals surface area contributed by atoms with Crippen LogP contribution in [0.15, 0.2) is 24.3 Å². The molecule has 1 saturated carbocycles. The summed E-state index contributed by atoms with van der Waals surface area (Å²) in [7, 11) is 1.71. The van der Waals surface area contributed by atoms with Gasteiger partial charge in [-0.1, -0.05) is 36.6 Å². The standard InChI is InChI=1S/C19H26ClN3O2/c1-21-18(24)17(14-6-2-3-7-14)22-10-12-23(13-11-22)19(25)15-8-4-5-9-16(15)20/h4-5,8-9,14,17H,2-3,6-7,10-13H2,1H3,(H,21,24)/t17-/m1/s1. The monoisotopic (exact) mass is 363 g/mol. The number of halogens is 1. The molecule has 1 N–H and O–H groups in total. The molecule has 6 heteroatoms. The second kappa shape index (κ2) is 8.19. The third-order valence-electron chi connectivity index (χ3n) is 5.46. The van der Waals surface area contributed by atoms with Crippen LogP contribution in [-0.4, -0.2) is 60.9 Å². The zero-order valence-electron chi connectivity index (χ0n) is 14.7. The molecular formula is C19H26ClN3O2. The number of benzene rings is 1. The van der Waals surface area contributed by atoms with Gasteiger partial charge < -0.3 is 10.2 Å². The first-order chi connectivity index (χ1) is 12.1. The van der Waals surface area contributed by atoms with Crippen LogP contribution in [0.4, 0.5) is 0 Å². The molecule has 0 bridgehead atoms. The number of piperazine rings is 1. The quantitative estimate of drug-likeness (QED) is 0.893. The minimum absolute atomic E-state index is 0.0254. The van der Waals surface area contributed by atoms with Crippen LogP contribution in [0.1, 0.15) is 36.0 Å². The maximum absolute atomic E-state index is 12.7. The zero-order valence-corrected chi connectivity index (χ0v) is 15.5. The van der Waals surface area contributed by atoms with Crippen molar-refractivity contribution < 1.29 is 9.59 Å². The summed E-state index contributed by atoms with van der Waals surface area (Å²) in [6.45, 7) is 2.71. The van der Waals surface area contributed by atoms with Gasteiger partial charge in [-0.15, -0.1) is 0 Å². The lowest BCUT2D eigenvalue weighted by Crippen LogP contribution is -2.57. The normalized spacial score (nSPS) is 20.5. The Bertz CT molecular complexity index is 623. The van der Waals surface area contributed by atoms with Gasteiger partial charge in [-0.2, -0.15) is 0 Å². The van der Waals surface area contributed by atoms with E-state index in [1.165, 1.54) is 12.8 Å². The van der Waals surface area contributed by atoms with E-state index in [0.717, 1.165) is 25.9 Å². The number of nitrogens with zero attached hydrogens (tertiary/aromatic N) is 2. The van der Waals surface area contributed by atoms with Crippen LogP contribution in [0.25, 0.3) is 0 Å². The van der Waals surface area contributed by atoms with Crippen LogP contribution in [-0.2, 0) is 4.79 Å². The molecule has 136 valence electrons. The highest BCUT2D eigenvalue weighted by atomic mass is 35.5. The average molecular weight is 364 g/mol. The predicted octanol–water partition coefficient (Wildman–Crippen LogP) is 2.40. The Morgan fingerprint density at radius 2 is 1.76 bits per heavy atom. The van der Waals surface area contributed by atoms with Crippen molar-refractivity contribution in [1.82, 2.24) is 15.1 Å². The highest BCUT2D eigenvalue weighted by Gasteiger charge is 2.37. The Morgan fingerprint density at radius 1 is 1.12 bits per heavy atom. The molecule has 1 heterocycles. The van der Waals surface area contributed by atoms with E-state index in [0.29, 0.717) is 29.6 Å². The van der Waals surface area contributed by atoms with Gasteiger partial charge in [-0.3, -0.25) is 14.5 Å². The second-order valence-electron chi connectivity index (χ2n) is 6.91. The molecular weight excluding hydrogens is 338 g/mol. The molecule has 3 rings (SSSR count). The Kier molecular flexibility index (Phi) is 5.97. The first-order valence-electron chi connectivity index (χ1n) is 9.11. The number of nitrogens with one attached hydrogen (secondary N) is 1. The number of hydrogen-bond acceptors (Lipinski definition) is 3. The first kappa shape index (κ1) is 18.2. The fourth-order valence-corrected chi connectivity index (χ4v) is 4.32. The van der Waals surface area contributed by atoms with Crippen LogP contribution >= 0.6 is 11.6 Å². The highest BCUT2D eigenvalue weighted by molar-refractivity contribution is 6.33. The Morgan fingerprint density at radius 3 is 2.36 bits per heavy atom. The molecule has 2 aliphatic rings. The van der Waals surface area contributed by atoms with Crippen LogP contribution in [0.2, 0.25) is 5.02 Å². The SMILES string of the molecule is CNC(=O)[C@@H](C1CCCC1)N1CCN(C(=O)c2ccccc2Cl)CC1. The lowest BCUT2D eigenvalue weighted by molar-refractivity contribution is -0.128. The minimum atomic E-state index is -0.0648.